The van der Waals surface area contributed by atoms with Crippen molar-refractivity contribution >= 4 is 23.5 Å². The van der Waals surface area contributed by atoms with Gasteiger partial charge in [-0.15, -0.1) is 6.58 Å². The van der Waals surface area contributed by atoms with Gasteiger partial charge < -0.3 is 24.4 Å². The Balaban J connectivity index is 1.89. The molecule has 2 amide bonds. The number of carbonyl (C=O) groups is 3. The quantitative estimate of drug-likeness (QED) is 0.403. The SMILES string of the molecule is C=CCN(C(=O)C1N([C@@H](CO)C(C)C)C(=O)[C@@H]2[C@H](C(=O)OCC)[C@]3(C)CCC12O3)c1cc(C)ccc1C. The summed E-state index contributed by atoms with van der Waals surface area (Å²) in [7, 11) is 0. The Morgan fingerprint density at radius 1 is 1.32 bits per heavy atom. The second-order valence-corrected chi connectivity index (χ2v) is 11.2. The fourth-order valence-electron chi connectivity index (χ4n) is 6.80. The number of hydrogen-bond donors (Lipinski definition) is 1. The molecule has 1 aromatic carbocycles. The molecule has 0 saturated carbocycles. The molecule has 1 N–H and O–H groups in total. The Hall–Kier alpha value is -2.71. The number of ether oxygens (including phenoxy) is 2. The van der Waals surface area contributed by atoms with Gasteiger partial charge in [0.1, 0.15) is 17.6 Å². The van der Waals surface area contributed by atoms with Gasteiger partial charge in [-0.1, -0.05) is 32.1 Å². The summed E-state index contributed by atoms with van der Waals surface area (Å²) in [6, 6.07) is 4.30. The summed E-state index contributed by atoms with van der Waals surface area (Å²) < 4.78 is 12.1. The van der Waals surface area contributed by atoms with Crippen LogP contribution in [0.3, 0.4) is 0 Å². The second-order valence-electron chi connectivity index (χ2n) is 11.2. The minimum atomic E-state index is -1.18. The number of amides is 2. The van der Waals surface area contributed by atoms with Crippen LogP contribution < -0.4 is 4.90 Å². The van der Waals surface area contributed by atoms with Crippen molar-refractivity contribution in [1.82, 2.24) is 4.90 Å². The van der Waals surface area contributed by atoms with Gasteiger partial charge in [0.2, 0.25) is 5.91 Å². The fourth-order valence-corrected chi connectivity index (χ4v) is 6.80. The first-order valence-electron chi connectivity index (χ1n) is 13.3. The van der Waals surface area contributed by atoms with Crippen molar-refractivity contribution in [3.05, 3.63) is 42.0 Å². The van der Waals surface area contributed by atoms with E-state index in [4.69, 9.17) is 9.47 Å². The summed E-state index contributed by atoms with van der Waals surface area (Å²) in [6.45, 7) is 15.3. The number of carbonyl (C=O) groups excluding carboxylic acids is 3. The molecule has 1 spiro atoms. The maximum Gasteiger partial charge on any atom is 0.312 e. The first kappa shape index (κ1) is 27.3. The molecule has 3 aliphatic heterocycles. The van der Waals surface area contributed by atoms with Crippen molar-refractivity contribution in [2.45, 2.75) is 77.7 Å². The first-order chi connectivity index (χ1) is 17.5. The molecule has 3 heterocycles. The lowest BCUT2D eigenvalue weighted by Gasteiger charge is -2.40. The molecule has 2 unspecified atom stereocenters. The van der Waals surface area contributed by atoms with E-state index in [1.807, 2.05) is 52.8 Å². The normalized spacial score (nSPS) is 31.0. The third-order valence-corrected chi connectivity index (χ3v) is 8.54. The molecule has 0 aliphatic carbocycles. The van der Waals surface area contributed by atoms with Crippen molar-refractivity contribution < 1.29 is 29.0 Å². The van der Waals surface area contributed by atoms with Gasteiger partial charge in [0.15, 0.2) is 0 Å². The average molecular weight is 513 g/mol. The van der Waals surface area contributed by atoms with Gasteiger partial charge in [0.25, 0.3) is 5.91 Å². The largest absolute Gasteiger partial charge is 0.466 e. The molecule has 4 rings (SSSR count). The summed E-state index contributed by atoms with van der Waals surface area (Å²) in [6.07, 6.45) is 2.67. The number of aliphatic hydroxyl groups is 1. The van der Waals surface area contributed by atoms with E-state index in [1.165, 1.54) is 4.90 Å². The standard InChI is InChI=1S/C29H40N2O6/c1-8-14-30(20-15-18(5)10-11-19(20)6)26(34)24-29-13-12-28(7,37-29)23(27(35)36-9-2)22(29)25(33)31(24)21(16-32)17(3)4/h8,10-11,15,17,21-24,32H,1,9,12-14,16H2,2-7H3/t21-,22-,23+,24?,28-,29?/m0/s1. The zero-order valence-electron chi connectivity index (χ0n) is 22.8. The number of fused-ring (bicyclic) bond motifs is 1. The fraction of sp³-hybridized carbons (Fsp3) is 0.621. The molecular formula is C29H40N2O6. The van der Waals surface area contributed by atoms with E-state index in [0.717, 1.165) is 16.8 Å². The molecular weight excluding hydrogens is 472 g/mol. The molecule has 1 aromatic rings. The summed E-state index contributed by atoms with van der Waals surface area (Å²) in [5, 5.41) is 10.4. The molecule has 37 heavy (non-hydrogen) atoms. The molecule has 3 fully saturated rings. The minimum absolute atomic E-state index is 0.123. The van der Waals surface area contributed by atoms with Gasteiger partial charge in [-0.05, 0) is 63.6 Å². The number of anilines is 1. The van der Waals surface area contributed by atoms with E-state index < -0.39 is 41.1 Å². The number of aryl methyl sites for hydroxylation is 2. The zero-order valence-corrected chi connectivity index (χ0v) is 22.8. The van der Waals surface area contributed by atoms with E-state index in [-0.39, 0.29) is 37.5 Å². The Kier molecular flexibility index (Phi) is 7.29. The van der Waals surface area contributed by atoms with Crippen LogP contribution in [0, 0.1) is 31.6 Å². The Morgan fingerprint density at radius 3 is 2.62 bits per heavy atom. The highest BCUT2D eigenvalue weighted by molar-refractivity contribution is 6.05. The third-order valence-electron chi connectivity index (χ3n) is 8.54. The number of esters is 1. The van der Waals surface area contributed by atoms with Crippen LogP contribution in [0.25, 0.3) is 0 Å². The lowest BCUT2D eigenvalue weighted by molar-refractivity contribution is -0.160. The number of hydrogen-bond acceptors (Lipinski definition) is 6. The molecule has 202 valence electrons. The topological polar surface area (TPSA) is 96.4 Å². The van der Waals surface area contributed by atoms with Crippen LogP contribution in [0.1, 0.15) is 51.7 Å². The zero-order chi connectivity index (χ0) is 27.3. The maximum absolute atomic E-state index is 14.6. The van der Waals surface area contributed by atoms with Gasteiger partial charge in [-0.2, -0.15) is 0 Å². The average Bonchev–Trinajstić information content (AvgIpc) is 3.40. The summed E-state index contributed by atoms with van der Waals surface area (Å²) >= 11 is 0. The molecule has 6 atom stereocenters. The summed E-state index contributed by atoms with van der Waals surface area (Å²) in [4.78, 5) is 45.2. The van der Waals surface area contributed by atoms with Crippen LogP contribution in [-0.2, 0) is 23.9 Å². The van der Waals surface area contributed by atoms with Crippen LogP contribution in [0.4, 0.5) is 5.69 Å². The van der Waals surface area contributed by atoms with Crippen LogP contribution in [0.15, 0.2) is 30.9 Å². The van der Waals surface area contributed by atoms with Crippen molar-refractivity contribution in [2.75, 3.05) is 24.7 Å². The molecule has 3 aliphatic rings. The molecule has 0 aromatic heterocycles. The van der Waals surface area contributed by atoms with E-state index >= 15 is 0 Å². The van der Waals surface area contributed by atoms with Gasteiger partial charge in [-0.25, -0.2) is 0 Å². The second kappa shape index (κ2) is 9.87. The smallest absolute Gasteiger partial charge is 0.312 e. The number of benzene rings is 1. The van der Waals surface area contributed by atoms with Gasteiger partial charge in [-0.3, -0.25) is 14.4 Å². The van der Waals surface area contributed by atoms with E-state index in [9.17, 15) is 19.5 Å². The monoisotopic (exact) mass is 512 g/mol. The number of likely N-dealkylation sites (tertiary alicyclic amines) is 1. The van der Waals surface area contributed by atoms with Crippen molar-refractivity contribution in [1.29, 1.82) is 0 Å². The van der Waals surface area contributed by atoms with Crippen molar-refractivity contribution in [2.24, 2.45) is 17.8 Å². The molecule has 2 bridgehead atoms. The Bertz CT molecular complexity index is 1100. The molecule has 8 nitrogen and oxygen atoms in total. The summed E-state index contributed by atoms with van der Waals surface area (Å²) in [5.41, 5.74) is 0.580. The van der Waals surface area contributed by atoms with Crippen LogP contribution >= 0.6 is 0 Å². The highest BCUT2D eigenvalue weighted by Crippen LogP contribution is 2.64. The lowest BCUT2D eigenvalue weighted by Crippen LogP contribution is -2.60. The first-order valence-corrected chi connectivity index (χ1v) is 13.3. The van der Waals surface area contributed by atoms with Crippen molar-refractivity contribution in [3.63, 3.8) is 0 Å². The molecule has 0 radical (unpaired) electrons. The predicted molar refractivity (Wildman–Crippen MR) is 140 cm³/mol. The highest BCUT2D eigenvalue weighted by atomic mass is 16.6. The van der Waals surface area contributed by atoms with E-state index in [0.29, 0.717) is 12.8 Å². The van der Waals surface area contributed by atoms with Gasteiger partial charge in [0.05, 0.1) is 30.8 Å². The lowest BCUT2D eigenvalue weighted by atomic mass is 9.66. The highest BCUT2D eigenvalue weighted by Gasteiger charge is 2.79. The Morgan fingerprint density at radius 2 is 2.03 bits per heavy atom. The van der Waals surface area contributed by atoms with Gasteiger partial charge in [0, 0.05) is 12.2 Å². The summed E-state index contributed by atoms with van der Waals surface area (Å²) in [5.74, 6) is -2.88. The number of aliphatic hydroxyl groups excluding tert-OH is 1. The molecule has 8 heteroatoms. The minimum Gasteiger partial charge on any atom is -0.466 e. The van der Waals surface area contributed by atoms with E-state index in [1.54, 1.807) is 17.9 Å². The third kappa shape index (κ3) is 4.09. The predicted octanol–water partition coefficient (Wildman–Crippen LogP) is 3.17. The van der Waals surface area contributed by atoms with Crippen molar-refractivity contribution in [3.8, 4) is 0 Å². The number of rotatable bonds is 9. The van der Waals surface area contributed by atoms with Crippen LogP contribution in [0.2, 0.25) is 0 Å². The number of nitrogens with zero attached hydrogens (tertiary/aromatic N) is 2. The Labute approximate surface area is 219 Å². The van der Waals surface area contributed by atoms with Gasteiger partial charge >= 0.3 is 5.97 Å². The van der Waals surface area contributed by atoms with Crippen LogP contribution in [-0.4, -0.2) is 70.8 Å². The van der Waals surface area contributed by atoms with E-state index in [2.05, 4.69) is 6.58 Å². The van der Waals surface area contributed by atoms with Crippen LogP contribution in [0.5, 0.6) is 0 Å². The maximum atomic E-state index is 14.6. The molecule has 3 saturated heterocycles.